The quantitative estimate of drug-likeness (QED) is 0.836. The van der Waals surface area contributed by atoms with Crippen LogP contribution in [0.2, 0.25) is 0 Å². The van der Waals surface area contributed by atoms with Gasteiger partial charge in [-0.1, -0.05) is 17.4 Å². The Balaban J connectivity index is 2.05. The van der Waals surface area contributed by atoms with Crippen molar-refractivity contribution in [3.63, 3.8) is 0 Å². The first-order valence-electron chi connectivity index (χ1n) is 4.55. The van der Waals surface area contributed by atoms with E-state index in [-0.39, 0.29) is 4.87 Å². The average molecular weight is 232 g/mol. The van der Waals surface area contributed by atoms with Gasteiger partial charge in [0.25, 0.3) is 0 Å². The molecule has 2 heterocycles. The van der Waals surface area contributed by atoms with E-state index >= 15 is 0 Å². The van der Waals surface area contributed by atoms with E-state index in [0.29, 0.717) is 18.1 Å². The summed E-state index contributed by atoms with van der Waals surface area (Å²) >= 11 is 1.12. The van der Waals surface area contributed by atoms with Crippen LogP contribution >= 0.6 is 11.3 Å². The van der Waals surface area contributed by atoms with Gasteiger partial charge in [-0.2, -0.15) is 5.26 Å². The summed E-state index contributed by atoms with van der Waals surface area (Å²) in [4.78, 5) is 17.5. The summed E-state index contributed by atoms with van der Waals surface area (Å²) < 4.78 is 0. The lowest BCUT2D eigenvalue weighted by atomic mass is 10.3. The Kier molecular flexibility index (Phi) is 2.98. The summed E-state index contributed by atoms with van der Waals surface area (Å²) in [7, 11) is 0. The highest BCUT2D eigenvalue weighted by atomic mass is 32.1. The van der Waals surface area contributed by atoms with Gasteiger partial charge in [0.05, 0.1) is 6.54 Å². The largest absolute Gasteiger partial charge is 0.364 e. The second-order valence-corrected chi connectivity index (χ2v) is 3.89. The van der Waals surface area contributed by atoms with Crippen LogP contribution in [0, 0.1) is 11.3 Å². The SMILES string of the molecule is N#Cc1cccc(NCc2csc(=O)[nH]2)n1. The van der Waals surface area contributed by atoms with E-state index in [1.54, 1.807) is 23.6 Å². The number of H-pyrrole nitrogens is 1. The minimum absolute atomic E-state index is 0.0736. The summed E-state index contributed by atoms with van der Waals surface area (Å²) in [6, 6.07) is 7.12. The molecule has 0 fully saturated rings. The third-order valence-electron chi connectivity index (χ3n) is 1.89. The second-order valence-electron chi connectivity index (χ2n) is 3.05. The summed E-state index contributed by atoms with van der Waals surface area (Å²) in [5.74, 6) is 0.617. The molecule has 0 radical (unpaired) electrons. The van der Waals surface area contributed by atoms with Gasteiger partial charge in [0.15, 0.2) is 0 Å². The lowest BCUT2D eigenvalue weighted by Gasteiger charge is -2.03. The number of thiazole rings is 1. The van der Waals surface area contributed by atoms with Crippen molar-refractivity contribution in [2.75, 3.05) is 5.32 Å². The molecule has 6 heteroatoms. The maximum Gasteiger partial charge on any atom is 0.304 e. The Morgan fingerprint density at radius 1 is 1.56 bits per heavy atom. The predicted molar refractivity (Wildman–Crippen MR) is 61.2 cm³/mol. The Morgan fingerprint density at radius 3 is 3.12 bits per heavy atom. The lowest BCUT2D eigenvalue weighted by Crippen LogP contribution is -2.04. The van der Waals surface area contributed by atoms with Gasteiger partial charge in [0, 0.05) is 11.1 Å². The number of hydrogen-bond donors (Lipinski definition) is 2. The monoisotopic (exact) mass is 232 g/mol. The number of nitriles is 1. The third-order valence-corrected chi connectivity index (χ3v) is 2.61. The summed E-state index contributed by atoms with van der Waals surface area (Å²) in [6.07, 6.45) is 0. The van der Waals surface area contributed by atoms with Crippen LogP contribution in [0.5, 0.6) is 0 Å². The molecule has 2 aromatic heterocycles. The number of nitrogens with one attached hydrogen (secondary N) is 2. The fourth-order valence-electron chi connectivity index (χ4n) is 1.18. The van der Waals surface area contributed by atoms with E-state index in [2.05, 4.69) is 15.3 Å². The molecule has 0 amide bonds. The maximum atomic E-state index is 10.9. The Labute approximate surface area is 95.4 Å². The van der Waals surface area contributed by atoms with Crippen LogP contribution in [0.1, 0.15) is 11.4 Å². The first-order valence-corrected chi connectivity index (χ1v) is 5.43. The highest BCUT2D eigenvalue weighted by molar-refractivity contribution is 7.07. The van der Waals surface area contributed by atoms with Crippen molar-refractivity contribution in [2.24, 2.45) is 0 Å². The second kappa shape index (κ2) is 4.59. The summed E-state index contributed by atoms with van der Waals surface area (Å²) in [5.41, 5.74) is 1.17. The van der Waals surface area contributed by atoms with Crippen molar-refractivity contribution in [2.45, 2.75) is 6.54 Å². The lowest BCUT2D eigenvalue weighted by molar-refractivity contribution is 1.04. The van der Waals surface area contributed by atoms with Crippen LogP contribution in [0.25, 0.3) is 0 Å². The van der Waals surface area contributed by atoms with Crippen molar-refractivity contribution in [1.82, 2.24) is 9.97 Å². The fourth-order valence-corrected chi connectivity index (χ4v) is 1.76. The summed E-state index contributed by atoms with van der Waals surface area (Å²) in [6.45, 7) is 0.487. The minimum atomic E-state index is -0.0736. The van der Waals surface area contributed by atoms with E-state index in [9.17, 15) is 4.79 Å². The van der Waals surface area contributed by atoms with Gasteiger partial charge in [0.1, 0.15) is 17.6 Å². The van der Waals surface area contributed by atoms with Gasteiger partial charge in [-0.3, -0.25) is 4.79 Å². The zero-order valence-electron chi connectivity index (χ0n) is 8.23. The highest BCUT2D eigenvalue weighted by Gasteiger charge is 1.98. The van der Waals surface area contributed by atoms with E-state index in [0.717, 1.165) is 17.0 Å². The molecule has 0 saturated carbocycles. The van der Waals surface area contributed by atoms with Crippen molar-refractivity contribution in [3.05, 3.63) is 44.6 Å². The Morgan fingerprint density at radius 2 is 2.44 bits per heavy atom. The zero-order valence-corrected chi connectivity index (χ0v) is 9.04. The van der Waals surface area contributed by atoms with Gasteiger partial charge in [-0.15, -0.1) is 0 Å². The molecular formula is C10H8N4OS. The van der Waals surface area contributed by atoms with Crippen molar-refractivity contribution in [3.8, 4) is 6.07 Å². The fraction of sp³-hybridized carbons (Fsp3) is 0.100. The van der Waals surface area contributed by atoms with Crippen LogP contribution in [-0.4, -0.2) is 9.97 Å². The van der Waals surface area contributed by atoms with Gasteiger partial charge in [0.2, 0.25) is 0 Å². The highest BCUT2D eigenvalue weighted by Crippen LogP contribution is 2.06. The number of anilines is 1. The number of aromatic amines is 1. The normalized spacial score (nSPS) is 9.69. The van der Waals surface area contributed by atoms with E-state index in [1.165, 1.54) is 0 Å². The topological polar surface area (TPSA) is 81.6 Å². The molecule has 2 aromatic rings. The standard InChI is InChI=1S/C10H8N4OS/c11-4-7-2-1-3-9(13-7)12-5-8-6-16-10(15)14-8/h1-3,6H,5H2,(H,12,13)(H,14,15). The molecule has 0 aromatic carbocycles. The van der Waals surface area contributed by atoms with Crippen molar-refractivity contribution < 1.29 is 0 Å². The first-order chi connectivity index (χ1) is 7.78. The number of pyridine rings is 1. The number of hydrogen-bond acceptors (Lipinski definition) is 5. The Hall–Kier alpha value is -2.13. The zero-order chi connectivity index (χ0) is 11.4. The van der Waals surface area contributed by atoms with E-state index in [1.807, 2.05) is 6.07 Å². The molecule has 0 aliphatic heterocycles. The number of aromatic nitrogens is 2. The van der Waals surface area contributed by atoms with Gasteiger partial charge < -0.3 is 10.3 Å². The molecule has 0 unspecified atom stereocenters. The smallest absolute Gasteiger partial charge is 0.304 e. The van der Waals surface area contributed by atoms with E-state index < -0.39 is 0 Å². The molecule has 0 atom stereocenters. The van der Waals surface area contributed by atoms with Crippen LogP contribution in [0.3, 0.4) is 0 Å². The molecule has 0 aliphatic rings. The predicted octanol–water partition coefficient (Wildman–Crippen LogP) is 1.32. The number of rotatable bonds is 3. The van der Waals surface area contributed by atoms with Crippen LogP contribution in [0.4, 0.5) is 5.82 Å². The molecule has 2 N–H and O–H groups in total. The Bertz CT molecular complexity index is 581. The summed E-state index contributed by atoms with van der Waals surface area (Å²) in [5, 5.41) is 13.4. The van der Waals surface area contributed by atoms with Crippen molar-refractivity contribution in [1.29, 1.82) is 5.26 Å². The van der Waals surface area contributed by atoms with E-state index in [4.69, 9.17) is 5.26 Å². The van der Waals surface area contributed by atoms with Gasteiger partial charge in [-0.25, -0.2) is 4.98 Å². The van der Waals surface area contributed by atoms with Crippen molar-refractivity contribution >= 4 is 17.2 Å². The molecular weight excluding hydrogens is 224 g/mol. The van der Waals surface area contributed by atoms with Crippen LogP contribution < -0.4 is 10.2 Å². The molecule has 5 nitrogen and oxygen atoms in total. The molecule has 0 spiro atoms. The van der Waals surface area contributed by atoms with Crippen LogP contribution in [0.15, 0.2) is 28.4 Å². The third kappa shape index (κ3) is 2.46. The van der Waals surface area contributed by atoms with Crippen LogP contribution in [-0.2, 0) is 6.54 Å². The maximum absolute atomic E-state index is 10.9. The molecule has 80 valence electrons. The minimum Gasteiger partial charge on any atom is -0.364 e. The molecule has 2 rings (SSSR count). The molecule has 16 heavy (non-hydrogen) atoms. The average Bonchev–Trinajstić information content (AvgIpc) is 2.73. The molecule has 0 saturated heterocycles. The molecule has 0 bridgehead atoms. The number of nitrogens with zero attached hydrogens (tertiary/aromatic N) is 2. The first kappa shape index (κ1) is 10.4. The molecule has 0 aliphatic carbocycles. The van der Waals surface area contributed by atoms with Gasteiger partial charge in [-0.05, 0) is 12.1 Å². The van der Waals surface area contributed by atoms with Gasteiger partial charge >= 0.3 is 4.87 Å².